The third-order valence-electron chi connectivity index (χ3n) is 6.58. The van der Waals surface area contributed by atoms with Gasteiger partial charge in [0, 0.05) is 49.9 Å². The highest BCUT2D eigenvalue weighted by atomic mass is 32.2. The fourth-order valence-electron chi connectivity index (χ4n) is 4.22. The number of sulfonamides is 2. The van der Waals surface area contributed by atoms with Crippen molar-refractivity contribution in [1.29, 1.82) is 0 Å². The van der Waals surface area contributed by atoms with Gasteiger partial charge in [-0.2, -0.15) is 8.61 Å². The Hall–Kier alpha value is -3.21. The standard InChI is InChI=1S/C27H32N4O6S2/c1-20-15-31(21(2)18-32)38(33,34)26-13-12-23(11-10-22-8-6-5-7-9-22)14-24(26)37-25(20)16-30(4)39(35,36)27-17-29(3)19-28-27/h5-9,12-14,17,19-21,25,32H,15-16,18H2,1-4H3/t20-,21-,25+/m1/s1. The van der Waals surface area contributed by atoms with Gasteiger partial charge in [-0.15, -0.1) is 0 Å². The molecule has 0 amide bonds. The fraction of sp³-hybridized carbons (Fsp3) is 0.370. The Morgan fingerprint density at radius 1 is 1.18 bits per heavy atom. The number of aliphatic hydroxyl groups excluding tert-OH is 1. The molecule has 0 aliphatic carbocycles. The molecule has 0 saturated heterocycles. The zero-order chi connectivity index (χ0) is 28.4. The van der Waals surface area contributed by atoms with Crippen molar-refractivity contribution >= 4 is 20.0 Å². The van der Waals surface area contributed by atoms with Gasteiger partial charge < -0.3 is 14.4 Å². The van der Waals surface area contributed by atoms with Crippen molar-refractivity contribution in [3.05, 3.63) is 72.2 Å². The Morgan fingerprint density at radius 2 is 1.87 bits per heavy atom. The molecule has 1 aliphatic rings. The number of likely N-dealkylation sites (N-methyl/N-ethyl adjacent to an activating group) is 1. The van der Waals surface area contributed by atoms with Crippen LogP contribution in [0, 0.1) is 17.8 Å². The third kappa shape index (κ3) is 6.18. The first-order valence-electron chi connectivity index (χ1n) is 12.4. The lowest BCUT2D eigenvalue weighted by Gasteiger charge is -2.37. The quantitative estimate of drug-likeness (QED) is 0.448. The van der Waals surface area contributed by atoms with E-state index in [4.69, 9.17) is 4.74 Å². The Morgan fingerprint density at radius 3 is 2.51 bits per heavy atom. The summed E-state index contributed by atoms with van der Waals surface area (Å²) in [6.07, 6.45) is 2.11. The number of aromatic nitrogens is 2. The Kier molecular flexibility index (Phi) is 8.48. The smallest absolute Gasteiger partial charge is 0.261 e. The van der Waals surface area contributed by atoms with Gasteiger partial charge in [0.15, 0.2) is 5.03 Å². The molecule has 0 spiro atoms. The molecule has 2 aromatic carbocycles. The molecule has 208 valence electrons. The summed E-state index contributed by atoms with van der Waals surface area (Å²) < 4.78 is 63.9. The van der Waals surface area contributed by atoms with Gasteiger partial charge in [-0.3, -0.25) is 0 Å². The first kappa shape index (κ1) is 28.8. The number of aliphatic hydroxyl groups is 1. The minimum absolute atomic E-state index is 0.0290. The van der Waals surface area contributed by atoms with Crippen molar-refractivity contribution in [2.24, 2.45) is 13.0 Å². The maximum Gasteiger partial charge on any atom is 0.261 e. The van der Waals surface area contributed by atoms with Gasteiger partial charge in [0.05, 0.1) is 19.5 Å². The summed E-state index contributed by atoms with van der Waals surface area (Å²) in [5, 5.41) is 9.74. The van der Waals surface area contributed by atoms with Crippen LogP contribution in [0.1, 0.15) is 25.0 Å². The second kappa shape index (κ2) is 11.5. The first-order chi connectivity index (χ1) is 18.4. The summed E-state index contributed by atoms with van der Waals surface area (Å²) in [6.45, 7) is 3.02. The van der Waals surface area contributed by atoms with Crippen molar-refractivity contribution in [1.82, 2.24) is 18.2 Å². The average molecular weight is 573 g/mol. The molecule has 0 saturated carbocycles. The molecule has 2 heterocycles. The van der Waals surface area contributed by atoms with Crippen LogP contribution in [0.5, 0.6) is 5.75 Å². The number of imidazole rings is 1. The molecule has 0 bridgehead atoms. The van der Waals surface area contributed by atoms with E-state index in [2.05, 4.69) is 16.8 Å². The molecule has 1 aliphatic heterocycles. The molecular weight excluding hydrogens is 540 g/mol. The van der Waals surface area contributed by atoms with Crippen LogP contribution in [0.4, 0.5) is 0 Å². The fourth-order valence-corrected chi connectivity index (χ4v) is 7.19. The lowest BCUT2D eigenvalue weighted by Crippen LogP contribution is -2.50. The average Bonchev–Trinajstić information content (AvgIpc) is 3.36. The summed E-state index contributed by atoms with van der Waals surface area (Å²) in [6, 6.07) is 13.3. The number of benzene rings is 2. The van der Waals surface area contributed by atoms with Gasteiger partial charge in [-0.25, -0.2) is 21.8 Å². The number of aryl methyl sites for hydroxylation is 1. The highest BCUT2D eigenvalue weighted by molar-refractivity contribution is 7.89. The van der Waals surface area contributed by atoms with Crippen molar-refractivity contribution in [2.45, 2.75) is 35.9 Å². The van der Waals surface area contributed by atoms with Gasteiger partial charge in [-0.1, -0.05) is 37.0 Å². The summed E-state index contributed by atoms with van der Waals surface area (Å²) >= 11 is 0. The molecule has 4 rings (SSSR count). The lowest BCUT2D eigenvalue weighted by atomic mass is 10.0. The van der Waals surface area contributed by atoms with Crippen molar-refractivity contribution < 1.29 is 26.7 Å². The zero-order valence-electron chi connectivity index (χ0n) is 22.2. The number of nitrogens with zero attached hydrogens (tertiary/aromatic N) is 4. The molecule has 3 atom stereocenters. The maximum atomic E-state index is 13.7. The predicted octanol–water partition coefficient (Wildman–Crippen LogP) is 1.91. The molecule has 3 aromatic rings. The van der Waals surface area contributed by atoms with Crippen molar-refractivity contribution in [2.75, 3.05) is 26.7 Å². The molecule has 1 N–H and O–H groups in total. The SMILES string of the molecule is C[C@@H]1CN([C@H](C)CO)S(=O)(=O)c2ccc(C#Cc3ccccc3)cc2O[C@H]1CN(C)S(=O)(=O)c1cn(C)cn1. The number of hydrogen-bond donors (Lipinski definition) is 1. The largest absolute Gasteiger partial charge is 0.487 e. The lowest BCUT2D eigenvalue weighted by molar-refractivity contribution is 0.0904. The van der Waals surface area contributed by atoms with E-state index in [1.165, 1.54) is 29.9 Å². The van der Waals surface area contributed by atoms with E-state index in [0.717, 1.165) is 9.87 Å². The van der Waals surface area contributed by atoms with E-state index in [9.17, 15) is 21.9 Å². The predicted molar refractivity (Wildman–Crippen MR) is 146 cm³/mol. The summed E-state index contributed by atoms with van der Waals surface area (Å²) in [5.74, 6) is 5.73. The third-order valence-corrected chi connectivity index (χ3v) is 10.3. The van der Waals surface area contributed by atoms with E-state index in [-0.39, 0.29) is 35.4 Å². The van der Waals surface area contributed by atoms with Crippen LogP contribution < -0.4 is 4.74 Å². The highest BCUT2D eigenvalue weighted by Crippen LogP contribution is 2.34. The van der Waals surface area contributed by atoms with E-state index >= 15 is 0 Å². The van der Waals surface area contributed by atoms with E-state index < -0.39 is 38.1 Å². The van der Waals surface area contributed by atoms with Gasteiger partial charge in [0.1, 0.15) is 16.7 Å². The Bertz CT molecular complexity index is 1590. The minimum Gasteiger partial charge on any atom is -0.487 e. The van der Waals surface area contributed by atoms with Gasteiger partial charge in [0.2, 0.25) is 10.0 Å². The zero-order valence-corrected chi connectivity index (χ0v) is 23.9. The number of ether oxygens (including phenoxy) is 1. The van der Waals surface area contributed by atoms with Crippen LogP contribution in [0.15, 0.2) is 71.0 Å². The van der Waals surface area contributed by atoms with Crippen LogP contribution in [0.25, 0.3) is 0 Å². The van der Waals surface area contributed by atoms with Crippen LogP contribution >= 0.6 is 0 Å². The normalized spacial score (nSPS) is 20.2. The van der Waals surface area contributed by atoms with Crippen molar-refractivity contribution in [3.63, 3.8) is 0 Å². The highest BCUT2D eigenvalue weighted by Gasteiger charge is 2.39. The van der Waals surface area contributed by atoms with Crippen LogP contribution in [0.2, 0.25) is 0 Å². The Balaban J connectivity index is 1.74. The Labute approximate surface area is 230 Å². The van der Waals surface area contributed by atoms with E-state index in [0.29, 0.717) is 5.56 Å². The van der Waals surface area contributed by atoms with Crippen LogP contribution in [0.3, 0.4) is 0 Å². The molecule has 39 heavy (non-hydrogen) atoms. The molecule has 0 fully saturated rings. The van der Waals surface area contributed by atoms with E-state index in [1.54, 1.807) is 37.6 Å². The first-order valence-corrected chi connectivity index (χ1v) is 15.3. The minimum atomic E-state index is -4.04. The number of hydrogen-bond acceptors (Lipinski definition) is 7. The molecule has 10 nitrogen and oxygen atoms in total. The number of rotatable bonds is 6. The van der Waals surface area contributed by atoms with Gasteiger partial charge in [0.25, 0.3) is 10.0 Å². The second-order valence-corrected chi connectivity index (χ2v) is 13.5. The summed E-state index contributed by atoms with van der Waals surface area (Å²) in [5.41, 5.74) is 1.34. The topological polar surface area (TPSA) is 122 Å². The molecular formula is C27H32N4O6S2. The van der Waals surface area contributed by atoms with Gasteiger partial charge >= 0.3 is 0 Å². The molecule has 0 radical (unpaired) electrons. The molecule has 0 unspecified atom stereocenters. The molecule has 12 heteroatoms. The van der Waals surface area contributed by atoms with Crippen molar-refractivity contribution in [3.8, 4) is 17.6 Å². The van der Waals surface area contributed by atoms with Gasteiger partial charge in [-0.05, 0) is 37.3 Å². The van der Waals surface area contributed by atoms with E-state index in [1.807, 2.05) is 30.3 Å². The monoisotopic (exact) mass is 572 g/mol. The second-order valence-electron chi connectivity index (χ2n) is 9.68. The summed E-state index contributed by atoms with van der Waals surface area (Å²) in [4.78, 5) is 3.91. The molecule has 1 aromatic heterocycles. The number of fused-ring (bicyclic) bond motifs is 1. The van der Waals surface area contributed by atoms with Crippen LogP contribution in [-0.4, -0.2) is 79.0 Å². The van der Waals surface area contributed by atoms with Crippen LogP contribution in [-0.2, 0) is 27.1 Å². The maximum absolute atomic E-state index is 13.7. The summed E-state index contributed by atoms with van der Waals surface area (Å²) in [7, 11) is -4.84.